The van der Waals surface area contributed by atoms with Crippen molar-refractivity contribution in [3.05, 3.63) is 33.8 Å². The number of hydrogen-bond donors (Lipinski definition) is 1. The fourth-order valence-electron chi connectivity index (χ4n) is 3.74. The quantitative estimate of drug-likeness (QED) is 0.674. The molecule has 1 atom stereocenters. The minimum Gasteiger partial charge on any atom is -0.353 e. The first kappa shape index (κ1) is 23.5. The van der Waals surface area contributed by atoms with Crippen LogP contribution < -0.4 is 5.32 Å². The fourth-order valence-corrected chi connectivity index (χ4v) is 6.10. The summed E-state index contributed by atoms with van der Waals surface area (Å²) in [6.45, 7) is 8.92. The molecule has 5 nitrogen and oxygen atoms in total. The molecule has 0 bridgehead atoms. The second-order valence-corrected chi connectivity index (χ2v) is 11.0. The number of piperidine rings is 1. The van der Waals surface area contributed by atoms with E-state index in [4.69, 9.17) is 23.2 Å². The Morgan fingerprint density at radius 1 is 1.18 bits per heavy atom. The lowest BCUT2D eigenvalue weighted by atomic mass is 9.91. The average Bonchev–Trinajstić information content (AvgIpc) is 2.62. The van der Waals surface area contributed by atoms with Crippen molar-refractivity contribution < 1.29 is 13.2 Å². The first-order valence-corrected chi connectivity index (χ1v) is 12.1. The number of amides is 1. The van der Waals surface area contributed by atoms with Crippen molar-refractivity contribution in [2.24, 2.45) is 17.8 Å². The van der Waals surface area contributed by atoms with Gasteiger partial charge in [-0.1, -0.05) is 57.0 Å². The Balaban J connectivity index is 2.10. The smallest absolute Gasteiger partial charge is 0.224 e. The molecule has 1 heterocycles. The highest BCUT2D eigenvalue weighted by Crippen LogP contribution is 2.29. The van der Waals surface area contributed by atoms with Gasteiger partial charge in [-0.25, -0.2) is 12.7 Å². The maximum absolute atomic E-state index is 12.9. The molecular formula is C20H30Cl2N2O3S. The Kier molecular flexibility index (Phi) is 8.20. The Labute approximate surface area is 178 Å². The third-order valence-corrected chi connectivity index (χ3v) is 7.76. The van der Waals surface area contributed by atoms with Crippen molar-refractivity contribution in [2.45, 2.75) is 52.3 Å². The zero-order chi connectivity index (χ0) is 21.1. The van der Waals surface area contributed by atoms with Gasteiger partial charge in [-0.15, -0.1) is 0 Å². The van der Waals surface area contributed by atoms with Crippen LogP contribution in [0.25, 0.3) is 0 Å². The fraction of sp³-hybridized carbons (Fsp3) is 0.650. The van der Waals surface area contributed by atoms with Crippen molar-refractivity contribution in [1.82, 2.24) is 9.62 Å². The molecule has 8 heteroatoms. The Hall–Kier alpha value is -0.820. The van der Waals surface area contributed by atoms with Gasteiger partial charge in [0.1, 0.15) is 0 Å². The van der Waals surface area contributed by atoms with Gasteiger partial charge < -0.3 is 5.32 Å². The second-order valence-electron chi connectivity index (χ2n) is 8.18. The molecule has 0 unspecified atom stereocenters. The van der Waals surface area contributed by atoms with E-state index in [2.05, 4.69) is 33.0 Å². The van der Waals surface area contributed by atoms with Crippen molar-refractivity contribution >= 4 is 39.1 Å². The molecule has 0 aliphatic carbocycles. The highest BCUT2D eigenvalue weighted by atomic mass is 35.5. The number of nitrogens with zero attached hydrogens (tertiary/aromatic N) is 1. The predicted molar refractivity (Wildman–Crippen MR) is 115 cm³/mol. The van der Waals surface area contributed by atoms with Gasteiger partial charge in [0.05, 0.1) is 11.7 Å². The molecule has 158 valence electrons. The van der Waals surface area contributed by atoms with Crippen LogP contribution in [0.3, 0.4) is 0 Å². The third-order valence-electron chi connectivity index (χ3n) is 5.28. The zero-order valence-corrected chi connectivity index (χ0v) is 19.2. The molecule has 1 aliphatic rings. The summed E-state index contributed by atoms with van der Waals surface area (Å²) in [5.74, 6) is -0.0432. The van der Waals surface area contributed by atoms with Gasteiger partial charge in [-0.2, -0.15) is 0 Å². The molecule has 1 aromatic rings. The summed E-state index contributed by atoms with van der Waals surface area (Å²) >= 11 is 12.3. The van der Waals surface area contributed by atoms with E-state index in [0.717, 1.165) is 0 Å². The highest BCUT2D eigenvalue weighted by molar-refractivity contribution is 7.88. The second kappa shape index (κ2) is 9.79. The summed E-state index contributed by atoms with van der Waals surface area (Å²) < 4.78 is 27.3. The predicted octanol–water partition coefficient (Wildman–Crippen LogP) is 4.33. The number of sulfonamides is 1. The van der Waals surface area contributed by atoms with E-state index in [1.54, 1.807) is 18.2 Å². The number of nitrogens with one attached hydrogen (secondary N) is 1. The monoisotopic (exact) mass is 448 g/mol. The molecular weight excluding hydrogens is 419 g/mol. The van der Waals surface area contributed by atoms with Crippen LogP contribution in [-0.2, 0) is 20.6 Å². The number of carbonyl (C=O) groups is 1. The van der Waals surface area contributed by atoms with E-state index in [1.165, 1.54) is 4.31 Å². The van der Waals surface area contributed by atoms with E-state index < -0.39 is 10.0 Å². The first-order valence-electron chi connectivity index (χ1n) is 9.74. The summed E-state index contributed by atoms with van der Waals surface area (Å²) in [7, 11) is -3.62. The van der Waals surface area contributed by atoms with Gasteiger partial charge in [-0.3, -0.25) is 4.79 Å². The Morgan fingerprint density at radius 2 is 1.75 bits per heavy atom. The molecule has 0 radical (unpaired) electrons. The molecule has 2 rings (SSSR count). The van der Waals surface area contributed by atoms with Crippen molar-refractivity contribution in [2.75, 3.05) is 13.1 Å². The summed E-state index contributed by atoms with van der Waals surface area (Å²) in [4.78, 5) is 12.8. The van der Waals surface area contributed by atoms with Gasteiger partial charge in [0, 0.05) is 34.7 Å². The van der Waals surface area contributed by atoms with E-state index in [9.17, 15) is 13.2 Å². The molecule has 1 N–H and O–H groups in total. The third kappa shape index (κ3) is 5.85. The molecule has 1 fully saturated rings. The van der Waals surface area contributed by atoms with Gasteiger partial charge in [0.25, 0.3) is 0 Å². The van der Waals surface area contributed by atoms with Crippen LogP contribution >= 0.6 is 23.2 Å². The van der Waals surface area contributed by atoms with Crippen LogP contribution in [0.2, 0.25) is 10.0 Å². The Morgan fingerprint density at radius 3 is 2.29 bits per heavy atom. The summed E-state index contributed by atoms with van der Waals surface area (Å²) in [5, 5.41) is 3.79. The maximum Gasteiger partial charge on any atom is 0.224 e. The topological polar surface area (TPSA) is 66.5 Å². The van der Waals surface area contributed by atoms with Crippen LogP contribution in [-0.4, -0.2) is 37.8 Å². The minimum absolute atomic E-state index is 0.0666. The molecule has 1 saturated heterocycles. The van der Waals surface area contributed by atoms with Gasteiger partial charge in [0.2, 0.25) is 15.9 Å². The summed E-state index contributed by atoms with van der Waals surface area (Å²) in [5.41, 5.74) is 0.400. The maximum atomic E-state index is 12.9. The minimum atomic E-state index is -3.62. The van der Waals surface area contributed by atoms with Gasteiger partial charge >= 0.3 is 0 Å². The number of carbonyl (C=O) groups excluding carboxylic acids is 1. The lowest BCUT2D eigenvalue weighted by molar-refractivity contribution is -0.127. The molecule has 0 spiro atoms. The lowest BCUT2D eigenvalue weighted by Gasteiger charge is -2.33. The van der Waals surface area contributed by atoms with E-state index >= 15 is 0 Å². The average molecular weight is 449 g/mol. The SMILES string of the molecule is CC(C)C(NC(=O)[C@H]1CCCN(S(=O)(=O)Cc2c(Cl)cccc2Cl)C1)C(C)C. The van der Waals surface area contributed by atoms with Gasteiger partial charge in [-0.05, 0) is 36.8 Å². The van der Waals surface area contributed by atoms with Crippen LogP contribution in [0, 0.1) is 17.8 Å². The Bertz CT molecular complexity index is 768. The lowest BCUT2D eigenvalue weighted by Crippen LogP contribution is -2.50. The highest BCUT2D eigenvalue weighted by Gasteiger charge is 2.34. The van der Waals surface area contributed by atoms with Crippen molar-refractivity contribution in [1.29, 1.82) is 0 Å². The van der Waals surface area contributed by atoms with Crippen molar-refractivity contribution in [3.8, 4) is 0 Å². The van der Waals surface area contributed by atoms with Crippen LogP contribution in [0.5, 0.6) is 0 Å². The first-order chi connectivity index (χ1) is 13.0. The van der Waals surface area contributed by atoms with Crippen LogP contribution in [0.1, 0.15) is 46.1 Å². The molecule has 1 aromatic carbocycles. The number of rotatable bonds is 7. The molecule has 1 aliphatic heterocycles. The van der Waals surface area contributed by atoms with Crippen molar-refractivity contribution in [3.63, 3.8) is 0 Å². The number of benzene rings is 1. The van der Waals surface area contributed by atoms with Gasteiger partial charge in [0.15, 0.2) is 0 Å². The van der Waals surface area contributed by atoms with E-state index in [1.807, 2.05) is 0 Å². The molecule has 0 aromatic heterocycles. The summed E-state index contributed by atoms with van der Waals surface area (Å²) in [6, 6.07) is 5.01. The summed E-state index contributed by atoms with van der Waals surface area (Å²) in [6.07, 6.45) is 1.34. The molecule has 1 amide bonds. The molecule has 0 saturated carbocycles. The van der Waals surface area contributed by atoms with Crippen LogP contribution in [0.15, 0.2) is 18.2 Å². The molecule has 28 heavy (non-hydrogen) atoms. The van der Waals surface area contributed by atoms with Crippen LogP contribution in [0.4, 0.5) is 0 Å². The zero-order valence-electron chi connectivity index (χ0n) is 16.9. The van der Waals surface area contributed by atoms with E-state index in [0.29, 0.717) is 46.8 Å². The normalized spacial score (nSPS) is 18.8. The number of halogens is 2. The number of hydrogen-bond acceptors (Lipinski definition) is 3. The van der Waals surface area contributed by atoms with E-state index in [-0.39, 0.29) is 30.2 Å². The standard InChI is InChI=1S/C20H30Cl2N2O3S/c1-13(2)19(14(3)4)23-20(25)15-7-6-10-24(11-15)28(26,27)12-16-17(21)8-5-9-18(16)22/h5,8-9,13-15,19H,6-7,10-12H2,1-4H3,(H,23,25)/t15-/m0/s1. The largest absolute Gasteiger partial charge is 0.353 e.